The molecule has 4 atom stereocenters. The molecule has 0 spiro atoms. The molecule has 0 aromatic heterocycles. The summed E-state index contributed by atoms with van der Waals surface area (Å²) in [6, 6.07) is 20.2. The van der Waals surface area contributed by atoms with Gasteiger partial charge in [-0.1, -0.05) is 99.5 Å². The third-order valence-corrected chi connectivity index (χ3v) is 13.1. The second-order valence-corrected chi connectivity index (χ2v) is 16.0. The van der Waals surface area contributed by atoms with E-state index < -0.39 is 26.1 Å². The zero-order valence-corrected chi connectivity index (χ0v) is 25.6. The summed E-state index contributed by atoms with van der Waals surface area (Å²) in [4.78, 5) is 18.0. The van der Waals surface area contributed by atoms with Crippen molar-refractivity contribution in [3.05, 3.63) is 83.8 Å². The Balaban J connectivity index is 2.11. The normalized spacial score (nSPS) is 20.9. The van der Waals surface area contributed by atoms with E-state index in [2.05, 4.69) is 92.8 Å². The lowest BCUT2D eigenvalue weighted by atomic mass is 9.83. The molecule has 1 aliphatic rings. The molecule has 2 aromatic carbocycles. The molecule has 2 N–H and O–H groups in total. The van der Waals surface area contributed by atoms with E-state index in [0.29, 0.717) is 38.8 Å². The van der Waals surface area contributed by atoms with Gasteiger partial charge in [-0.05, 0) is 53.5 Å². The summed E-state index contributed by atoms with van der Waals surface area (Å²) in [6.45, 7) is 15.5. The van der Waals surface area contributed by atoms with Crippen LogP contribution in [0.3, 0.4) is 0 Å². The average molecular weight is 564 g/mol. The number of amides is 1. The van der Waals surface area contributed by atoms with Crippen LogP contribution in [-0.4, -0.2) is 56.2 Å². The number of nitrogens with two attached hydrogens (primary N) is 1. The highest BCUT2D eigenvalue weighted by Gasteiger charge is 2.60. The Labute approximate surface area is 240 Å². The zero-order valence-electron chi connectivity index (χ0n) is 24.6. The summed E-state index contributed by atoms with van der Waals surface area (Å²) >= 11 is 0. The Morgan fingerprint density at radius 1 is 1.18 bits per heavy atom. The fourth-order valence-electron chi connectivity index (χ4n) is 6.21. The third-order valence-electron chi connectivity index (χ3n) is 8.03. The van der Waals surface area contributed by atoms with Gasteiger partial charge in [-0.25, -0.2) is 4.79 Å². The van der Waals surface area contributed by atoms with Crippen molar-refractivity contribution in [1.82, 2.24) is 4.90 Å². The van der Waals surface area contributed by atoms with Crippen LogP contribution in [0.1, 0.15) is 60.3 Å². The minimum Gasteiger partial charge on any atom is -0.438 e. The van der Waals surface area contributed by atoms with E-state index in [9.17, 15) is 4.79 Å². The lowest BCUT2D eigenvalue weighted by molar-refractivity contribution is -0.0571. The molecular weight excluding hydrogens is 518 g/mol. The number of hydrogen-bond acceptors (Lipinski definition) is 5. The van der Waals surface area contributed by atoms with Crippen LogP contribution < -0.4 is 16.1 Å². The summed E-state index contributed by atoms with van der Waals surface area (Å²) in [5.74, 6) is 0. The highest BCUT2D eigenvalue weighted by atomic mass is 28.4. The second-order valence-electron chi connectivity index (χ2n) is 11.7. The third kappa shape index (κ3) is 6.28. The molecule has 216 valence electrons. The molecule has 1 fully saturated rings. The Hall–Kier alpha value is -3.10. The average Bonchev–Trinajstić information content (AvgIpc) is 3.19. The molecule has 0 bridgehead atoms. The van der Waals surface area contributed by atoms with Gasteiger partial charge in [0.1, 0.15) is 0 Å². The lowest BCUT2D eigenvalue weighted by Crippen LogP contribution is -2.70. The predicted molar refractivity (Wildman–Crippen MR) is 164 cm³/mol. The molecule has 8 nitrogen and oxygen atoms in total. The fourth-order valence-corrected chi connectivity index (χ4v) is 11.1. The first-order valence-corrected chi connectivity index (χ1v) is 16.1. The molecule has 9 heteroatoms. The van der Waals surface area contributed by atoms with E-state index in [1.165, 1.54) is 10.4 Å². The maximum atomic E-state index is 13.4. The van der Waals surface area contributed by atoms with Crippen molar-refractivity contribution in [3.8, 4) is 0 Å². The van der Waals surface area contributed by atoms with Crippen molar-refractivity contribution in [2.75, 3.05) is 13.1 Å². The summed E-state index contributed by atoms with van der Waals surface area (Å²) in [5.41, 5.74) is 14.4. The van der Waals surface area contributed by atoms with E-state index in [-0.39, 0.29) is 17.2 Å². The van der Waals surface area contributed by atoms with Gasteiger partial charge in [0.25, 0.3) is 8.32 Å². The Kier molecular flexibility index (Phi) is 10.6. The number of carbonyl (C=O) groups excluding carboxylic acids is 1. The first-order valence-electron chi connectivity index (χ1n) is 14.2. The quantitative estimate of drug-likeness (QED) is 0.0768. The number of carbonyl (C=O) groups is 1. The highest BCUT2D eigenvalue weighted by Crippen LogP contribution is 2.43. The van der Waals surface area contributed by atoms with Crippen LogP contribution in [0.4, 0.5) is 4.79 Å². The number of benzene rings is 2. The van der Waals surface area contributed by atoms with Gasteiger partial charge in [0, 0.05) is 24.0 Å². The van der Waals surface area contributed by atoms with Gasteiger partial charge in [0.2, 0.25) is 0 Å². The molecule has 1 amide bonds. The Bertz CT molecular complexity index is 1130. The van der Waals surface area contributed by atoms with Crippen LogP contribution in [0, 0.1) is 0 Å². The first kappa shape index (κ1) is 31.4. The molecule has 1 heterocycles. The summed E-state index contributed by atoms with van der Waals surface area (Å²) < 4.78 is 13.8. The van der Waals surface area contributed by atoms with Crippen LogP contribution in [0.15, 0.2) is 78.4 Å². The summed E-state index contributed by atoms with van der Waals surface area (Å²) in [7, 11) is -2.93. The molecule has 3 rings (SSSR count). The van der Waals surface area contributed by atoms with E-state index in [4.69, 9.17) is 20.4 Å². The number of unbranched alkanes of at least 4 members (excludes halogenated alkanes) is 1. The molecule has 2 aromatic rings. The van der Waals surface area contributed by atoms with Crippen molar-refractivity contribution in [3.63, 3.8) is 0 Å². The number of azide groups is 1. The minimum atomic E-state index is -2.93. The number of cyclic esters (lactones) is 1. The molecular formula is C31H45N5O3Si. The molecule has 0 saturated carbocycles. The minimum absolute atomic E-state index is 0.234. The fraction of sp³-hybridized carbons (Fsp3) is 0.516. The van der Waals surface area contributed by atoms with Gasteiger partial charge < -0.3 is 14.9 Å². The van der Waals surface area contributed by atoms with Gasteiger partial charge in [-0.15, -0.1) is 6.58 Å². The van der Waals surface area contributed by atoms with Crippen LogP contribution in [0.25, 0.3) is 10.4 Å². The van der Waals surface area contributed by atoms with E-state index >= 15 is 0 Å². The van der Waals surface area contributed by atoms with E-state index in [1.54, 1.807) is 11.0 Å². The molecule has 0 aliphatic carbocycles. The number of ether oxygens (including phenoxy) is 1. The zero-order chi connectivity index (χ0) is 29.4. The lowest BCUT2D eigenvalue weighted by Gasteiger charge is -2.49. The molecule has 1 aliphatic heterocycles. The van der Waals surface area contributed by atoms with Gasteiger partial charge in [0.05, 0.1) is 12.1 Å². The maximum absolute atomic E-state index is 13.4. The monoisotopic (exact) mass is 563 g/mol. The second kappa shape index (κ2) is 13.5. The number of nitrogens with zero attached hydrogens (tertiary/aromatic N) is 4. The number of rotatable bonds is 14. The summed E-state index contributed by atoms with van der Waals surface area (Å²) in [5, 5.41) is 5.72. The number of hydrogen-bond donors (Lipinski definition) is 1. The highest BCUT2D eigenvalue weighted by molar-refractivity contribution is 6.99. The molecule has 0 radical (unpaired) electrons. The van der Waals surface area contributed by atoms with Gasteiger partial charge in [-0.3, -0.25) is 4.90 Å². The SMILES string of the molecule is C=CC[C@@H](N)[C@H]1N(CCCCN=[N+]=[N-])C(=O)O[C@]1(C)[C@@H](CC)O[Si](c1ccccc1)(c1ccccc1)C(C)(C)C. The topological polar surface area (TPSA) is 114 Å². The molecule has 40 heavy (non-hydrogen) atoms. The van der Waals surface area contributed by atoms with Crippen LogP contribution in [0.2, 0.25) is 5.04 Å². The predicted octanol–water partition coefficient (Wildman–Crippen LogP) is 5.92. The summed E-state index contributed by atoms with van der Waals surface area (Å²) in [6.07, 6.45) is 3.49. The smallest absolute Gasteiger partial charge is 0.410 e. The van der Waals surface area contributed by atoms with Crippen molar-refractivity contribution in [2.45, 2.75) is 89.1 Å². The van der Waals surface area contributed by atoms with Crippen LogP contribution in [0.5, 0.6) is 0 Å². The molecule has 1 saturated heterocycles. The van der Waals surface area contributed by atoms with Gasteiger partial charge in [0.15, 0.2) is 5.60 Å². The largest absolute Gasteiger partial charge is 0.438 e. The van der Waals surface area contributed by atoms with Crippen molar-refractivity contribution >= 4 is 24.8 Å². The van der Waals surface area contributed by atoms with Gasteiger partial charge in [-0.2, -0.15) is 0 Å². The van der Waals surface area contributed by atoms with Crippen molar-refractivity contribution in [2.24, 2.45) is 10.8 Å². The van der Waals surface area contributed by atoms with E-state index in [1.807, 2.05) is 19.1 Å². The van der Waals surface area contributed by atoms with Crippen molar-refractivity contribution < 1.29 is 14.0 Å². The molecule has 0 unspecified atom stereocenters. The first-order chi connectivity index (χ1) is 19.1. The van der Waals surface area contributed by atoms with Gasteiger partial charge >= 0.3 is 6.09 Å². The van der Waals surface area contributed by atoms with Crippen LogP contribution in [-0.2, 0) is 9.16 Å². The Morgan fingerprint density at radius 2 is 1.75 bits per heavy atom. The maximum Gasteiger partial charge on any atom is 0.410 e. The van der Waals surface area contributed by atoms with Crippen LogP contribution >= 0.6 is 0 Å². The van der Waals surface area contributed by atoms with Crippen molar-refractivity contribution in [1.29, 1.82) is 0 Å². The standard InChI is InChI=1S/C31H45N5O3Si/c1-7-17-26(32)28-31(6,38-29(37)36(28)23-16-15-22-34-35-33)27(8-2)39-40(30(3,4)5,24-18-11-9-12-19-24)25-20-13-10-14-21-25/h7,9-14,18-21,26-28H,1,8,15-17,22-23,32H2,2-6H3/t26-,27-,28-,31-/m1/s1. The van der Waals surface area contributed by atoms with E-state index in [0.717, 1.165) is 0 Å². The Morgan fingerprint density at radius 3 is 2.23 bits per heavy atom.